The molecular formula is C10H12N4O4S. The van der Waals surface area contributed by atoms with E-state index in [0.717, 1.165) is 6.26 Å². The number of anilines is 1. The molecule has 0 aliphatic heterocycles. The van der Waals surface area contributed by atoms with E-state index in [-0.39, 0.29) is 17.1 Å². The van der Waals surface area contributed by atoms with Crippen LogP contribution in [0.15, 0.2) is 12.3 Å². The summed E-state index contributed by atoms with van der Waals surface area (Å²) in [5.41, 5.74) is -0.584. The number of nitrogens with zero attached hydrogens (tertiary/aromatic N) is 3. The van der Waals surface area contributed by atoms with Gasteiger partial charge in [0.15, 0.2) is 0 Å². The number of nitro groups is 1. The van der Waals surface area contributed by atoms with Gasteiger partial charge in [0.25, 0.3) is 0 Å². The molecular weight excluding hydrogens is 272 g/mol. The number of hydrogen-bond donors (Lipinski definition) is 1. The number of nitriles is 1. The zero-order valence-electron chi connectivity index (χ0n) is 10.3. The van der Waals surface area contributed by atoms with Gasteiger partial charge in [-0.05, 0) is 13.0 Å². The fourth-order valence-corrected chi connectivity index (χ4v) is 2.56. The third kappa shape index (κ3) is 4.18. The van der Waals surface area contributed by atoms with Crippen molar-refractivity contribution in [2.45, 2.75) is 13.0 Å². The van der Waals surface area contributed by atoms with Crippen LogP contribution in [-0.2, 0) is 9.84 Å². The summed E-state index contributed by atoms with van der Waals surface area (Å²) in [6.07, 6.45) is 2.32. The molecule has 1 aromatic heterocycles. The molecule has 0 saturated heterocycles. The summed E-state index contributed by atoms with van der Waals surface area (Å²) in [5.74, 6) is -0.303. The summed E-state index contributed by atoms with van der Waals surface area (Å²) in [6, 6.07) is 2.37. The Morgan fingerprint density at radius 2 is 2.26 bits per heavy atom. The van der Waals surface area contributed by atoms with Crippen LogP contribution in [0.3, 0.4) is 0 Å². The average Bonchev–Trinajstić information content (AvgIpc) is 2.25. The van der Waals surface area contributed by atoms with Crippen molar-refractivity contribution in [3.05, 3.63) is 27.9 Å². The van der Waals surface area contributed by atoms with Gasteiger partial charge in [-0.2, -0.15) is 5.26 Å². The molecule has 0 bridgehead atoms. The van der Waals surface area contributed by atoms with Crippen molar-refractivity contribution in [3.8, 4) is 6.07 Å². The van der Waals surface area contributed by atoms with Crippen molar-refractivity contribution in [2.24, 2.45) is 0 Å². The highest BCUT2D eigenvalue weighted by Crippen LogP contribution is 2.26. The van der Waals surface area contributed by atoms with Crippen molar-refractivity contribution in [3.63, 3.8) is 0 Å². The van der Waals surface area contributed by atoms with Crippen LogP contribution < -0.4 is 5.32 Å². The van der Waals surface area contributed by atoms with E-state index in [1.165, 1.54) is 12.3 Å². The summed E-state index contributed by atoms with van der Waals surface area (Å²) in [4.78, 5) is 14.0. The molecule has 102 valence electrons. The van der Waals surface area contributed by atoms with Crippen molar-refractivity contribution in [2.75, 3.05) is 17.3 Å². The zero-order valence-corrected chi connectivity index (χ0v) is 11.1. The number of pyridine rings is 1. The van der Waals surface area contributed by atoms with Gasteiger partial charge in [-0.15, -0.1) is 0 Å². The lowest BCUT2D eigenvalue weighted by molar-refractivity contribution is -0.384. The molecule has 0 aliphatic rings. The Labute approximate surface area is 110 Å². The minimum Gasteiger partial charge on any atom is -0.361 e. The third-order valence-corrected chi connectivity index (χ3v) is 3.27. The lowest BCUT2D eigenvalue weighted by atomic mass is 10.2. The number of nitrogens with one attached hydrogen (secondary N) is 1. The minimum absolute atomic E-state index is 0.111. The molecule has 19 heavy (non-hydrogen) atoms. The normalized spacial score (nSPS) is 12.5. The van der Waals surface area contributed by atoms with Crippen LogP contribution in [0.5, 0.6) is 0 Å². The molecule has 0 radical (unpaired) electrons. The van der Waals surface area contributed by atoms with E-state index in [9.17, 15) is 18.5 Å². The first-order chi connectivity index (χ1) is 8.74. The number of sulfone groups is 1. The van der Waals surface area contributed by atoms with Gasteiger partial charge >= 0.3 is 5.69 Å². The molecule has 1 rings (SSSR count). The van der Waals surface area contributed by atoms with E-state index in [4.69, 9.17) is 5.26 Å². The van der Waals surface area contributed by atoms with Gasteiger partial charge in [-0.25, -0.2) is 13.4 Å². The van der Waals surface area contributed by atoms with Crippen LogP contribution >= 0.6 is 0 Å². The largest absolute Gasteiger partial charge is 0.361 e. The summed E-state index contributed by atoms with van der Waals surface area (Å²) < 4.78 is 22.3. The molecule has 1 aromatic rings. The van der Waals surface area contributed by atoms with Gasteiger partial charge in [0.05, 0.1) is 10.7 Å². The Kier molecular flexibility index (Phi) is 4.39. The molecule has 1 N–H and O–H groups in total. The highest BCUT2D eigenvalue weighted by Gasteiger charge is 2.23. The van der Waals surface area contributed by atoms with E-state index in [2.05, 4.69) is 10.3 Å². The molecule has 0 aliphatic carbocycles. The van der Waals surface area contributed by atoms with E-state index in [0.29, 0.717) is 0 Å². The molecule has 0 saturated carbocycles. The van der Waals surface area contributed by atoms with Crippen LogP contribution in [0.2, 0.25) is 0 Å². The molecule has 0 spiro atoms. The Balaban J connectivity index is 3.09. The monoisotopic (exact) mass is 284 g/mol. The van der Waals surface area contributed by atoms with Crippen LogP contribution in [0.1, 0.15) is 12.5 Å². The summed E-state index contributed by atoms with van der Waals surface area (Å²) in [6.45, 7) is 1.56. The summed E-state index contributed by atoms with van der Waals surface area (Å²) >= 11 is 0. The molecule has 1 unspecified atom stereocenters. The second-order valence-electron chi connectivity index (χ2n) is 4.06. The smallest absolute Gasteiger partial charge is 0.328 e. The fraction of sp³-hybridized carbons (Fsp3) is 0.400. The quantitative estimate of drug-likeness (QED) is 0.623. The average molecular weight is 284 g/mol. The highest BCUT2D eigenvalue weighted by molar-refractivity contribution is 7.90. The second kappa shape index (κ2) is 5.62. The Bertz CT molecular complexity index is 635. The molecule has 1 heterocycles. The maximum atomic E-state index is 11.1. The van der Waals surface area contributed by atoms with Crippen molar-refractivity contribution < 1.29 is 13.3 Å². The van der Waals surface area contributed by atoms with Crippen molar-refractivity contribution in [1.29, 1.82) is 5.26 Å². The van der Waals surface area contributed by atoms with E-state index in [1.54, 1.807) is 13.0 Å². The van der Waals surface area contributed by atoms with E-state index < -0.39 is 26.5 Å². The fourth-order valence-electron chi connectivity index (χ4n) is 1.56. The minimum atomic E-state index is -3.22. The number of rotatable bonds is 5. The van der Waals surface area contributed by atoms with Gasteiger partial charge in [-0.1, -0.05) is 0 Å². The standard InChI is InChI=1S/C10H12N4O4S/c1-7(6-19(2,17)18)13-10-9(14(15)16)8(5-11)3-4-12-10/h3-4,7H,6H2,1-2H3,(H,12,13). The van der Waals surface area contributed by atoms with Crippen LogP contribution in [0.4, 0.5) is 11.5 Å². The van der Waals surface area contributed by atoms with E-state index in [1.807, 2.05) is 0 Å². The van der Waals surface area contributed by atoms with E-state index >= 15 is 0 Å². The predicted octanol–water partition coefficient (Wildman–Crippen LogP) is 0.706. The molecule has 0 fully saturated rings. The third-order valence-electron chi connectivity index (χ3n) is 2.16. The molecule has 1 atom stereocenters. The van der Waals surface area contributed by atoms with Gasteiger partial charge in [-0.3, -0.25) is 10.1 Å². The molecule has 8 nitrogen and oxygen atoms in total. The first-order valence-corrected chi connectivity index (χ1v) is 7.28. The lowest BCUT2D eigenvalue weighted by Crippen LogP contribution is -2.26. The maximum absolute atomic E-state index is 11.1. The molecule has 0 amide bonds. The Hall–Kier alpha value is -2.21. The zero-order chi connectivity index (χ0) is 14.6. The van der Waals surface area contributed by atoms with Gasteiger partial charge in [0.1, 0.15) is 21.5 Å². The highest BCUT2D eigenvalue weighted by atomic mass is 32.2. The SMILES string of the molecule is CC(CS(C)(=O)=O)Nc1nccc(C#N)c1[N+](=O)[O-]. The number of aromatic nitrogens is 1. The Morgan fingerprint density at radius 3 is 2.74 bits per heavy atom. The summed E-state index contributed by atoms with van der Waals surface area (Å²) in [5, 5.41) is 22.4. The van der Waals surface area contributed by atoms with Crippen LogP contribution in [0, 0.1) is 21.4 Å². The Morgan fingerprint density at radius 1 is 1.63 bits per heavy atom. The van der Waals surface area contributed by atoms with Crippen molar-refractivity contribution >= 4 is 21.3 Å². The van der Waals surface area contributed by atoms with Gasteiger partial charge < -0.3 is 5.32 Å². The maximum Gasteiger partial charge on any atom is 0.328 e. The number of hydrogen-bond acceptors (Lipinski definition) is 7. The first-order valence-electron chi connectivity index (χ1n) is 5.22. The lowest BCUT2D eigenvalue weighted by Gasteiger charge is -2.13. The summed E-state index contributed by atoms with van der Waals surface area (Å²) in [7, 11) is -3.22. The molecule has 9 heteroatoms. The predicted molar refractivity (Wildman–Crippen MR) is 68.4 cm³/mol. The second-order valence-corrected chi connectivity index (χ2v) is 6.25. The molecule has 0 aromatic carbocycles. The van der Waals surface area contributed by atoms with Crippen LogP contribution in [-0.4, -0.2) is 36.4 Å². The topological polar surface area (TPSA) is 126 Å². The van der Waals surface area contributed by atoms with Gasteiger partial charge in [0, 0.05) is 18.5 Å². The van der Waals surface area contributed by atoms with Crippen LogP contribution in [0.25, 0.3) is 0 Å². The van der Waals surface area contributed by atoms with Gasteiger partial charge in [0.2, 0.25) is 5.82 Å². The van der Waals surface area contributed by atoms with Crippen molar-refractivity contribution in [1.82, 2.24) is 4.98 Å². The first kappa shape index (κ1) is 14.8.